The van der Waals surface area contributed by atoms with E-state index < -0.39 is 0 Å². The van der Waals surface area contributed by atoms with Crippen LogP contribution in [-0.4, -0.2) is 7.05 Å². The average Bonchev–Trinajstić information content (AvgIpc) is 2.42. The van der Waals surface area contributed by atoms with Crippen LogP contribution in [0.25, 0.3) is 0 Å². The van der Waals surface area contributed by atoms with Gasteiger partial charge in [-0.05, 0) is 23.6 Å². The normalized spacial score (nSPS) is 14.9. The molecule has 1 aromatic rings. The van der Waals surface area contributed by atoms with Crippen LogP contribution in [0.3, 0.4) is 0 Å². The number of benzene rings is 1. The van der Waals surface area contributed by atoms with Crippen LogP contribution >= 0.6 is 0 Å². The molecule has 1 aromatic carbocycles. The summed E-state index contributed by atoms with van der Waals surface area (Å²) in [5.74, 6) is 0. The number of nitrogens with zero attached hydrogens (tertiary/aromatic N) is 1. The Hall–Kier alpha value is -1.24. The zero-order chi connectivity index (χ0) is 9.42. The van der Waals surface area contributed by atoms with E-state index in [1.165, 1.54) is 22.5 Å². The second-order valence-corrected chi connectivity index (χ2v) is 3.62. The third kappa shape index (κ3) is 1.24. The number of rotatable bonds is 1. The van der Waals surface area contributed by atoms with Crippen LogP contribution in [0.1, 0.15) is 18.1 Å². The number of allylic oxidation sites excluding steroid dienone is 1. The molecular formula is C12H15N. The van der Waals surface area contributed by atoms with Crippen molar-refractivity contribution in [2.24, 2.45) is 0 Å². The lowest BCUT2D eigenvalue weighted by Gasteiger charge is -2.13. The molecule has 0 radical (unpaired) electrons. The zero-order valence-electron chi connectivity index (χ0n) is 8.30. The highest BCUT2D eigenvalue weighted by Gasteiger charge is 2.18. The zero-order valence-corrected chi connectivity index (χ0v) is 8.30. The maximum atomic E-state index is 4.03. The van der Waals surface area contributed by atoms with Gasteiger partial charge in [0.25, 0.3) is 0 Å². The first kappa shape index (κ1) is 8.36. The Labute approximate surface area is 79.7 Å². The van der Waals surface area contributed by atoms with Gasteiger partial charge in [-0.1, -0.05) is 25.6 Å². The molecule has 0 bridgehead atoms. The summed E-state index contributed by atoms with van der Waals surface area (Å²) in [6.07, 6.45) is 2.13. The van der Waals surface area contributed by atoms with E-state index in [1.807, 2.05) is 0 Å². The maximum absolute atomic E-state index is 4.03. The molecule has 0 aliphatic carbocycles. The molecule has 0 amide bonds. The van der Waals surface area contributed by atoms with E-state index in [-0.39, 0.29) is 0 Å². The quantitative estimate of drug-likeness (QED) is 0.631. The molecule has 0 saturated carbocycles. The predicted molar refractivity (Wildman–Crippen MR) is 57.1 cm³/mol. The molecule has 1 aliphatic heterocycles. The molecule has 0 atom stereocenters. The van der Waals surface area contributed by atoms with E-state index in [0.717, 1.165) is 12.8 Å². The molecule has 1 nitrogen and oxygen atoms in total. The summed E-state index contributed by atoms with van der Waals surface area (Å²) in [5, 5.41) is 0. The van der Waals surface area contributed by atoms with Crippen LogP contribution in [0, 0.1) is 0 Å². The Morgan fingerprint density at radius 3 is 2.92 bits per heavy atom. The first-order valence-corrected chi connectivity index (χ1v) is 4.75. The van der Waals surface area contributed by atoms with E-state index in [0.29, 0.717) is 0 Å². The van der Waals surface area contributed by atoms with Crippen LogP contribution in [0.4, 0.5) is 5.69 Å². The molecule has 1 heterocycles. The molecule has 1 aliphatic rings. The molecule has 0 spiro atoms. The lowest BCUT2D eigenvalue weighted by atomic mass is 10.1. The highest BCUT2D eigenvalue weighted by atomic mass is 15.1. The van der Waals surface area contributed by atoms with Gasteiger partial charge in [-0.3, -0.25) is 0 Å². The van der Waals surface area contributed by atoms with Gasteiger partial charge < -0.3 is 4.90 Å². The highest BCUT2D eigenvalue weighted by Crippen LogP contribution is 2.32. The molecule has 2 rings (SSSR count). The van der Waals surface area contributed by atoms with E-state index in [4.69, 9.17) is 0 Å². The van der Waals surface area contributed by atoms with Crippen molar-refractivity contribution >= 4 is 5.69 Å². The Bertz CT molecular complexity index is 352. The summed E-state index contributed by atoms with van der Waals surface area (Å²) in [7, 11) is 2.08. The number of aryl methyl sites for hydroxylation is 1. The lowest BCUT2D eigenvalue weighted by Crippen LogP contribution is -2.09. The third-order valence-corrected chi connectivity index (χ3v) is 2.78. The Morgan fingerprint density at radius 2 is 2.23 bits per heavy atom. The summed E-state index contributed by atoms with van der Waals surface area (Å²) < 4.78 is 0. The van der Waals surface area contributed by atoms with Gasteiger partial charge in [-0.25, -0.2) is 0 Å². The van der Waals surface area contributed by atoms with Gasteiger partial charge >= 0.3 is 0 Å². The molecule has 0 aromatic heterocycles. The molecular weight excluding hydrogens is 158 g/mol. The van der Waals surface area contributed by atoms with Crippen molar-refractivity contribution in [3.05, 3.63) is 41.6 Å². The number of hydrogen-bond acceptors (Lipinski definition) is 1. The monoisotopic (exact) mass is 173 g/mol. The summed E-state index contributed by atoms with van der Waals surface area (Å²) in [6, 6.07) is 6.70. The van der Waals surface area contributed by atoms with Crippen molar-refractivity contribution in [1.29, 1.82) is 0 Å². The average molecular weight is 173 g/mol. The fourth-order valence-electron chi connectivity index (χ4n) is 1.84. The van der Waals surface area contributed by atoms with Crippen molar-refractivity contribution in [3.8, 4) is 0 Å². The fourth-order valence-corrected chi connectivity index (χ4v) is 1.84. The van der Waals surface area contributed by atoms with Gasteiger partial charge in [0, 0.05) is 24.9 Å². The van der Waals surface area contributed by atoms with Crippen LogP contribution in [-0.2, 0) is 12.8 Å². The van der Waals surface area contributed by atoms with Gasteiger partial charge in [-0.2, -0.15) is 0 Å². The van der Waals surface area contributed by atoms with Crippen LogP contribution in [0.5, 0.6) is 0 Å². The summed E-state index contributed by atoms with van der Waals surface area (Å²) >= 11 is 0. The largest absolute Gasteiger partial charge is 0.348 e. The minimum atomic E-state index is 1.01. The Morgan fingerprint density at radius 1 is 1.46 bits per heavy atom. The van der Waals surface area contributed by atoms with Gasteiger partial charge in [0.1, 0.15) is 0 Å². The van der Waals surface area contributed by atoms with Crippen molar-refractivity contribution in [2.75, 3.05) is 11.9 Å². The first-order valence-electron chi connectivity index (χ1n) is 4.75. The van der Waals surface area contributed by atoms with Crippen molar-refractivity contribution in [3.63, 3.8) is 0 Å². The second kappa shape index (κ2) is 2.91. The van der Waals surface area contributed by atoms with E-state index in [2.05, 4.69) is 43.6 Å². The van der Waals surface area contributed by atoms with Gasteiger partial charge in [0.2, 0.25) is 0 Å². The van der Waals surface area contributed by atoms with Crippen LogP contribution < -0.4 is 4.90 Å². The first-order chi connectivity index (χ1) is 6.22. The number of fused-ring (bicyclic) bond motifs is 1. The number of likely N-dealkylation sites (N-methyl/N-ethyl adjacent to an activating group) is 1. The summed E-state index contributed by atoms with van der Waals surface area (Å²) in [4.78, 5) is 2.18. The lowest BCUT2D eigenvalue weighted by molar-refractivity contribution is 1.11. The number of anilines is 1. The molecule has 68 valence electrons. The Balaban J connectivity index is 2.46. The fraction of sp³-hybridized carbons (Fsp3) is 0.333. The van der Waals surface area contributed by atoms with E-state index in [9.17, 15) is 0 Å². The molecule has 0 unspecified atom stereocenters. The van der Waals surface area contributed by atoms with Gasteiger partial charge in [-0.15, -0.1) is 0 Å². The maximum Gasteiger partial charge on any atom is 0.0442 e. The smallest absolute Gasteiger partial charge is 0.0442 e. The molecule has 0 saturated heterocycles. The van der Waals surface area contributed by atoms with Crippen molar-refractivity contribution < 1.29 is 0 Å². The second-order valence-electron chi connectivity index (χ2n) is 3.62. The Kier molecular flexibility index (Phi) is 1.87. The van der Waals surface area contributed by atoms with Crippen LogP contribution in [0.2, 0.25) is 0 Å². The van der Waals surface area contributed by atoms with E-state index >= 15 is 0 Å². The van der Waals surface area contributed by atoms with E-state index in [1.54, 1.807) is 0 Å². The van der Waals surface area contributed by atoms with Crippen molar-refractivity contribution in [2.45, 2.75) is 19.8 Å². The SMILES string of the molecule is C=C1Cc2cc(CC)ccc2N1C. The standard InChI is InChI=1S/C12H15N/c1-4-10-5-6-12-11(8-10)7-9(2)13(12)3/h5-6,8H,2,4,7H2,1,3H3. The van der Waals surface area contributed by atoms with Gasteiger partial charge in [0.05, 0.1) is 0 Å². The van der Waals surface area contributed by atoms with Crippen LogP contribution in [0.15, 0.2) is 30.5 Å². The summed E-state index contributed by atoms with van der Waals surface area (Å²) in [5.41, 5.74) is 5.36. The van der Waals surface area contributed by atoms with Gasteiger partial charge in [0.15, 0.2) is 0 Å². The highest BCUT2D eigenvalue weighted by molar-refractivity contribution is 5.64. The minimum Gasteiger partial charge on any atom is -0.348 e. The topological polar surface area (TPSA) is 3.24 Å². The number of hydrogen-bond donors (Lipinski definition) is 0. The summed E-state index contributed by atoms with van der Waals surface area (Å²) in [6.45, 7) is 6.22. The minimum absolute atomic E-state index is 1.01. The molecule has 0 N–H and O–H groups in total. The van der Waals surface area contributed by atoms with Crippen molar-refractivity contribution in [1.82, 2.24) is 0 Å². The third-order valence-electron chi connectivity index (χ3n) is 2.78. The molecule has 13 heavy (non-hydrogen) atoms. The molecule has 0 fully saturated rings. The predicted octanol–water partition coefficient (Wildman–Crippen LogP) is 2.76. The molecule has 1 heteroatoms.